The van der Waals surface area contributed by atoms with Crippen molar-refractivity contribution in [1.82, 2.24) is 4.57 Å². The molecule has 0 spiro atoms. The molecular formula is C46H29N. The standard InChI is InChI=1S/C46H29N/c1-2-13-33(14-3-1)47-45-21-11-10-19-39(45)44-29-42(37-18-8-9-20-40(37)46(44)47)32-24-22-31(23-25-32)41-28-43-34-15-5-4-12-30(34)26-27-38(43)35-16-6-7-17-36(35)41/h1-29H. The van der Waals surface area contributed by atoms with Gasteiger partial charge in [-0.25, -0.2) is 0 Å². The van der Waals surface area contributed by atoms with Crippen molar-refractivity contribution in [3.8, 4) is 27.9 Å². The molecule has 218 valence electrons. The maximum atomic E-state index is 2.43. The molecule has 0 fully saturated rings. The molecule has 0 aliphatic heterocycles. The summed E-state index contributed by atoms with van der Waals surface area (Å²) in [4.78, 5) is 0. The molecule has 10 aromatic rings. The van der Waals surface area contributed by atoms with Gasteiger partial charge in [-0.15, -0.1) is 0 Å². The predicted octanol–water partition coefficient (Wildman–Crippen LogP) is 12.7. The predicted molar refractivity (Wildman–Crippen MR) is 202 cm³/mol. The topological polar surface area (TPSA) is 4.93 Å². The van der Waals surface area contributed by atoms with Crippen LogP contribution in [0.3, 0.4) is 0 Å². The average Bonchev–Trinajstić information content (AvgIpc) is 3.49. The zero-order chi connectivity index (χ0) is 30.9. The molecule has 0 amide bonds. The first kappa shape index (κ1) is 26.1. The summed E-state index contributed by atoms with van der Waals surface area (Å²) >= 11 is 0. The van der Waals surface area contributed by atoms with Gasteiger partial charge >= 0.3 is 0 Å². The number of para-hydroxylation sites is 2. The lowest BCUT2D eigenvalue weighted by atomic mass is 9.90. The van der Waals surface area contributed by atoms with E-state index in [1.165, 1.54) is 92.8 Å². The summed E-state index contributed by atoms with van der Waals surface area (Å²) in [6.45, 7) is 0. The molecule has 1 heterocycles. The van der Waals surface area contributed by atoms with E-state index in [-0.39, 0.29) is 0 Å². The monoisotopic (exact) mass is 595 g/mol. The van der Waals surface area contributed by atoms with Crippen LogP contribution in [0.5, 0.6) is 0 Å². The Morgan fingerprint density at radius 3 is 1.53 bits per heavy atom. The van der Waals surface area contributed by atoms with Gasteiger partial charge in [0.05, 0.1) is 11.0 Å². The number of rotatable bonds is 3. The van der Waals surface area contributed by atoms with Crippen LogP contribution in [0.2, 0.25) is 0 Å². The van der Waals surface area contributed by atoms with Crippen LogP contribution >= 0.6 is 0 Å². The van der Waals surface area contributed by atoms with Gasteiger partial charge in [0.25, 0.3) is 0 Å². The van der Waals surface area contributed by atoms with Gasteiger partial charge in [-0.3, -0.25) is 0 Å². The molecule has 0 unspecified atom stereocenters. The van der Waals surface area contributed by atoms with Crippen LogP contribution in [0.25, 0.3) is 92.8 Å². The van der Waals surface area contributed by atoms with Crippen LogP contribution in [0, 0.1) is 0 Å². The van der Waals surface area contributed by atoms with E-state index in [4.69, 9.17) is 0 Å². The number of nitrogens with zero attached hydrogens (tertiary/aromatic N) is 1. The highest BCUT2D eigenvalue weighted by atomic mass is 15.0. The van der Waals surface area contributed by atoms with E-state index in [0.29, 0.717) is 0 Å². The number of fused-ring (bicyclic) bond motifs is 10. The lowest BCUT2D eigenvalue weighted by molar-refractivity contribution is 1.19. The lowest BCUT2D eigenvalue weighted by Gasteiger charge is -2.15. The first-order valence-corrected chi connectivity index (χ1v) is 16.3. The molecule has 0 saturated heterocycles. The van der Waals surface area contributed by atoms with Crippen molar-refractivity contribution in [3.63, 3.8) is 0 Å². The molecule has 0 aliphatic rings. The van der Waals surface area contributed by atoms with Crippen LogP contribution in [-0.4, -0.2) is 4.57 Å². The average molecular weight is 596 g/mol. The van der Waals surface area contributed by atoms with E-state index in [0.717, 1.165) is 0 Å². The Balaban J connectivity index is 1.20. The summed E-state index contributed by atoms with van der Waals surface area (Å²) in [6, 6.07) is 64.5. The van der Waals surface area contributed by atoms with E-state index in [9.17, 15) is 0 Å². The quantitative estimate of drug-likeness (QED) is 0.179. The molecule has 0 radical (unpaired) electrons. The largest absolute Gasteiger partial charge is 0.309 e. The van der Waals surface area contributed by atoms with Crippen molar-refractivity contribution in [1.29, 1.82) is 0 Å². The Labute approximate surface area is 272 Å². The summed E-state index contributed by atoms with van der Waals surface area (Å²) in [5, 5.41) is 12.8. The van der Waals surface area contributed by atoms with Gasteiger partial charge in [0, 0.05) is 21.8 Å². The summed E-state index contributed by atoms with van der Waals surface area (Å²) in [7, 11) is 0. The Kier molecular flexibility index (Phi) is 5.64. The minimum atomic E-state index is 1.18. The van der Waals surface area contributed by atoms with Crippen molar-refractivity contribution in [2.75, 3.05) is 0 Å². The van der Waals surface area contributed by atoms with Crippen LogP contribution in [0.15, 0.2) is 176 Å². The highest BCUT2D eigenvalue weighted by molar-refractivity contribution is 6.23. The van der Waals surface area contributed by atoms with Gasteiger partial charge in [-0.1, -0.05) is 146 Å². The number of hydrogen-bond donors (Lipinski definition) is 0. The Morgan fingerprint density at radius 2 is 0.809 bits per heavy atom. The van der Waals surface area contributed by atoms with E-state index in [1.54, 1.807) is 0 Å². The Hall–Kier alpha value is -6.18. The molecule has 0 bridgehead atoms. The van der Waals surface area contributed by atoms with Crippen molar-refractivity contribution >= 4 is 64.9 Å². The fraction of sp³-hybridized carbons (Fsp3) is 0. The van der Waals surface area contributed by atoms with Crippen LogP contribution in [0.4, 0.5) is 0 Å². The summed E-state index contributed by atoms with van der Waals surface area (Å²) in [5.74, 6) is 0. The molecular weight excluding hydrogens is 567 g/mol. The molecule has 0 saturated carbocycles. The van der Waals surface area contributed by atoms with Crippen molar-refractivity contribution in [2.45, 2.75) is 0 Å². The number of benzene rings is 9. The second-order valence-electron chi connectivity index (χ2n) is 12.5. The van der Waals surface area contributed by atoms with Crippen molar-refractivity contribution in [3.05, 3.63) is 176 Å². The third kappa shape index (κ3) is 3.90. The van der Waals surface area contributed by atoms with Gasteiger partial charge in [0.15, 0.2) is 0 Å². The van der Waals surface area contributed by atoms with Crippen molar-refractivity contribution in [2.24, 2.45) is 0 Å². The Bertz CT molecular complexity index is 2820. The molecule has 1 aromatic heterocycles. The van der Waals surface area contributed by atoms with E-state index < -0.39 is 0 Å². The van der Waals surface area contributed by atoms with Gasteiger partial charge in [0.1, 0.15) is 0 Å². The maximum absolute atomic E-state index is 2.43. The first-order chi connectivity index (χ1) is 23.3. The van der Waals surface area contributed by atoms with Gasteiger partial charge < -0.3 is 4.57 Å². The highest BCUT2D eigenvalue weighted by Gasteiger charge is 2.18. The molecule has 1 heteroatoms. The van der Waals surface area contributed by atoms with Crippen LogP contribution in [-0.2, 0) is 0 Å². The van der Waals surface area contributed by atoms with Crippen molar-refractivity contribution < 1.29 is 0 Å². The lowest BCUT2D eigenvalue weighted by Crippen LogP contribution is -1.94. The van der Waals surface area contributed by atoms with E-state index in [1.807, 2.05) is 0 Å². The molecule has 0 atom stereocenters. The summed E-state index contributed by atoms with van der Waals surface area (Å²) in [6.07, 6.45) is 0. The number of hydrogen-bond acceptors (Lipinski definition) is 0. The minimum absolute atomic E-state index is 1.18. The molecule has 0 N–H and O–H groups in total. The van der Waals surface area contributed by atoms with Gasteiger partial charge in [0.2, 0.25) is 0 Å². The zero-order valence-corrected chi connectivity index (χ0v) is 25.7. The fourth-order valence-corrected chi connectivity index (χ4v) is 7.84. The third-order valence-corrected chi connectivity index (χ3v) is 9.96. The SMILES string of the molecule is c1ccc(-n2c3ccccc3c3cc(-c4ccc(-c5cc6c7ccccc7ccc6c6ccccc56)cc4)c4ccccc4c32)cc1. The highest BCUT2D eigenvalue weighted by Crippen LogP contribution is 2.42. The fourth-order valence-electron chi connectivity index (χ4n) is 7.84. The molecule has 10 rings (SSSR count). The third-order valence-electron chi connectivity index (χ3n) is 9.96. The van der Waals surface area contributed by atoms with Gasteiger partial charge in [-0.2, -0.15) is 0 Å². The first-order valence-electron chi connectivity index (χ1n) is 16.3. The smallest absolute Gasteiger partial charge is 0.0619 e. The number of aromatic nitrogens is 1. The van der Waals surface area contributed by atoms with Crippen LogP contribution < -0.4 is 0 Å². The van der Waals surface area contributed by atoms with Gasteiger partial charge in [-0.05, 0) is 90.3 Å². The van der Waals surface area contributed by atoms with E-state index in [2.05, 4.69) is 180 Å². The minimum Gasteiger partial charge on any atom is -0.309 e. The molecule has 47 heavy (non-hydrogen) atoms. The zero-order valence-electron chi connectivity index (χ0n) is 25.7. The van der Waals surface area contributed by atoms with E-state index >= 15 is 0 Å². The molecule has 9 aromatic carbocycles. The maximum Gasteiger partial charge on any atom is 0.0619 e. The second-order valence-corrected chi connectivity index (χ2v) is 12.5. The molecule has 1 nitrogen and oxygen atoms in total. The second kappa shape index (κ2) is 10.2. The summed E-state index contributed by atoms with van der Waals surface area (Å²) in [5.41, 5.74) is 8.62. The normalized spacial score (nSPS) is 11.8. The Morgan fingerprint density at radius 1 is 0.298 bits per heavy atom. The van der Waals surface area contributed by atoms with Crippen LogP contribution in [0.1, 0.15) is 0 Å². The summed E-state index contributed by atoms with van der Waals surface area (Å²) < 4.78 is 2.43. The molecule has 0 aliphatic carbocycles.